The van der Waals surface area contributed by atoms with Crippen LogP contribution in [0.4, 0.5) is 0 Å². The van der Waals surface area contributed by atoms with Crippen LogP contribution < -0.4 is 10.1 Å². The molecule has 1 fully saturated rings. The third-order valence-electron chi connectivity index (χ3n) is 4.35. The van der Waals surface area contributed by atoms with Gasteiger partial charge < -0.3 is 15.2 Å². The van der Waals surface area contributed by atoms with Crippen molar-refractivity contribution in [1.29, 1.82) is 0 Å². The van der Waals surface area contributed by atoms with Crippen molar-refractivity contribution in [3.8, 4) is 5.75 Å². The van der Waals surface area contributed by atoms with Crippen LogP contribution in [0.2, 0.25) is 0 Å². The van der Waals surface area contributed by atoms with Crippen LogP contribution in [0.15, 0.2) is 18.2 Å². The minimum absolute atomic E-state index is 0.287. The number of piperidine rings is 1. The number of ether oxygens (including phenoxy) is 1. The van der Waals surface area contributed by atoms with Crippen molar-refractivity contribution in [2.45, 2.75) is 38.7 Å². The molecule has 0 spiro atoms. The van der Waals surface area contributed by atoms with Crippen LogP contribution in [-0.4, -0.2) is 25.3 Å². The molecule has 0 bridgehead atoms. The van der Waals surface area contributed by atoms with Crippen molar-refractivity contribution in [1.82, 2.24) is 5.32 Å². The molecule has 0 radical (unpaired) electrons. The van der Waals surface area contributed by atoms with E-state index < -0.39 is 5.60 Å². The quantitative estimate of drug-likeness (QED) is 0.877. The maximum Gasteiger partial charge on any atom is 0.124 e. The van der Waals surface area contributed by atoms with Gasteiger partial charge in [-0.1, -0.05) is 13.0 Å². The lowest BCUT2D eigenvalue weighted by molar-refractivity contribution is -0.0204. The van der Waals surface area contributed by atoms with Gasteiger partial charge in [-0.05, 0) is 62.9 Å². The summed E-state index contributed by atoms with van der Waals surface area (Å²) in [6, 6.07) is 6.14. The molecule has 1 aromatic rings. The highest BCUT2D eigenvalue weighted by Crippen LogP contribution is 2.39. The minimum Gasteiger partial charge on any atom is -0.496 e. The van der Waals surface area contributed by atoms with Gasteiger partial charge in [0.15, 0.2) is 0 Å². The molecule has 1 aliphatic rings. The van der Waals surface area contributed by atoms with Gasteiger partial charge in [0.05, 0.1) is 12.7 Å². The maximum absolute atomic E-state index is 11.0. The van der Waals surface area contributed by atoms with Gasteiger partial charge in [-0.2, -0.15) is 0 Å². The summed E-state index contributed by atoms with van der Waals surface area (Å²) in [6.45, 7) is 6.03. The number of aliphatic hydroxyl groups is 1. The smallest absolute Gasteiger partial charge is 0.124 e. The zero-order chi connectivity index (χ0) is 13.9. The van der Waals surface area contributed by atoms with Gasteiger partial charge in [-0.15, -0.1) is 0 Å². The van der Waals surface area contributed by atoms with Gasteiger partial charge in [0.2, 0.25) is 0 Å². The van der Waals surface area contributed by atoms with Crippen LogP contribution in [0, 0.1) is 5.92 Å². The topological polar surface area (TPSA) is 41.5 Å². The number of aryl methyl sites for hydroxylation is 1. The molecule has 2 N–H and O–H groups in total. The standard InChI is InChI=1S/C16H25NO2/c1-4-12-5-6-15(19-3)14(11-12)16(2,18)13-7-9-17-10-8-13/h5-6,11,13,17-18H,4,7-10H2,1-3H3. The summed E-state index contributed by atoms with van der Waals surface area (Å²) in [5.41, 5.74) is 1.35. The normalized spacial score (nSPS) is 20.0. The lowest BCUT2D eigenvalue weighted by Gasteiger charge is -2.37. The van der Waals surface area contributed by atoms with Gasteiger partial charge in [-0.25, -0.2) is 0 Å². The van der Waals surface area contributed by atoms with Crippen LogP contribution in [0.25, 0.3) is 0 Å². The summed E-state index contributed by atoms with van der Waals surface area (Å²) in [7, 11) is 1.67. The second-order valence-corrected chi connectivity index (χ2v) is 5.56. The molecule has 3 nitrogen and oxygen atoms in total. The van der Waals surface area contributed by atoms with Crippen molar-refractivity contribution >= 4 is 0 Å². The fraction of sp³-hybridized carbons (Fsp3) is 0.625. The zero-order valence-electron chi connectivity index (χ0n) is 12.2. The average molecular weight is 263 g/mol. The van der Waals surface area contributed by atoms with Gasteiger partial charge in [-0.3, -0.25) is 0 Å². The van der Waals surface area contributed by atoms with Crippen LogP contribution in [-0.2, 0) is 12.0 Å². The lowest BCUT2D eigenvalue weighted by atomic mass is 9.77. The van der Waals surface area contributed by atoms with E-state index >= 15 is 0 Å². The summed E-state index contributed by atoms with van der Waals surface area (Å²) in [5.74, 6) is 1.08. The first-order valence-electron chi connectivity index (χ1n) is 7.20. The molecule has 106 valence electrons. The Kier molecular flexibility index (Phi) is 4.48. The Balaban J connectivity index is 2.36. The van der Waals surface area contributed by atoms with E-state index in [1.807, 2.05) is 13.0 Å². The summed E-state index contributed by atoms with van der Waals surface area (Å²) >= 11 is 0. The monoisotopic (exact) mass is 263 g/mol. The molecule has 1 atom stereocenters. The minimum atomic E-state index is -0.821. The average Bonchev–Trinajstić information content (AvgIpc) is 2.47. The number of hydrogen-bond donors (Lipinski definition) is 2. The highest BCUT2D eigenvalue weighted by molar-refractivity contribution is 5.41. The van der Waals surface area contributed by atoms with E-state index in [1.165, 1.54) is 5.56 Å². The van der Waals surface area contributed by atoms with Crippen LogP contribution >= 0.6 is 0 Å². The number of benzene rings is 1. The highest BCUT2D eigenvalue weighted by Gasteiger charge is 2.36. The van der Waals surface area contributed by atoms with E-state index in [1.54, 1.807) is 7.11 Å². The van der Waals surface area contributed by atoms with Gasteiger partial charge in [0, 0.05) is 5.56 Å². The van der Waals surface area contributed by atoms with E-state index in [4.69, 9.17) is 4.74 Å². The first-order chi connectivity index (χ1) is 9.09. The molecule has 1 aliphatic heterocycles. The Hall–Kier alpha value is -1.06. The molecular formula is C16H25NO2. The summed E-state index contributed by atoms with van der Waals surface area (Å²) in [5, 5.41) is 14.4. The Morgan fingerprint density at radius 3 is 2.63 bits per heavy atom. The number of methoxy groups -OCH3 is 1. The van der Waals surface area contributed by atoms with Crippen molar-refractivity contribution < 1.29 is 9.84 Å². The van der Waals surface area contributed by atoms with E-state index in [2.05, 4.69) is 24.4 Å². The third kappa shape index (κ3) is 2.93. The number of rotatable bonds is 4. The zero-order valence-corrected chi connectivity index (χ0v) is 12.2. The molecule has 3 heteroatoms. The molecule has 2 rings (SSSR count). The first kappa shape index (κ1) is 14.4. The number of hydrogen-bond acceptors (Lipinski definition) is 3. The van der Waals surface area contributed by atoms with E-state index in [0.717, 1.165) is 43.7 Å². The molecule has 1 heterocycles. The van der Waals surface area contributed by atoms with Gasteiger partial charge in [0.1, 0.15) is 5.75 Å². The lowest BCUT2D eigenvalue weighted by Crippen LogP contribution is -2.40. The second-order valence-electron chi connectivity index (χ2n) is 5.56. The molecule has 1 saturated heterocycles. The molecule has 1 aromatic carbocycles. The Bertz CT molecular complexity index is 423. The van der Waals surface area contributed by atoms with Crippen molar-refractivity contribution in [3.63, 3.8) is 0 Å². The fourth-order valence-electron chi connectivity index (χ4n) is 2.97. The predicted octanol–water partition coefficient (Wildman–Crippen LogP) is 2.46. The molecule has 0 amide bonds. The Labute approximate surface area is 116 Å². The largest absolute Gasteiger partial charge is 0.496 e. The summed E-state index contributed by atoms with van der Waals surface area (Å²) in [4.78, 5) is 0. The van der Waals surface area contributed by atoms with Crippen LogP contribution in [0.5, 0.6) is 5.75 Å². The summed E-state index contributed by atoms with van der Waals surface area (Å²) in [6.07, 6.45) is 2.98. The second kappa shape index (κ2) is 5.93. The molecular weight excluding hydrogens is 238 g/mol. The van der Waals surface area contributed by atoms with Gasteiger partial charge in [0.25, 0.3) is 0 Å². The third-order valence-corrected chi connectivity index (χ3v) is 4.35. The molecule has 0 aliphatic carbocycles. The first-order valence-corrected chi connectivity index (χ1v) is 7.20. The van der Waals surface area contributed by atoms with E-state index in [-0.39, 0.29) is 5.92 Å². The van der Waals surface area contributed by atoms with E-state index in [0.29, 0.717) is 0 Å². The molecule has 19 heavy (non-hydrogen) atoms. The van der Waals surface area contributed by atoms with Crippen LogP contribution in [0.3, 0.4) is 0 Å². The fourth-order valence-corrected chi connectivity index (χ4v) is 2.97. The van der Waals surface area contributed by atoms with Crippen LogP contribution in [0.1, 0.15) is 37.8 Å². The molecule has 1 unspecified atom stereocenters. The van der Waals surface area contributed by atoms with Crippen molar-refractivity contribution in [2.24, 2.45) is 5.92 Å². The summed E-state index contributed by atoms with van der Waals surface area (Å²) < 4.78 is 5.45. The Morgan fingerprint density at radius 2 is 2.05 bits per heavy atom. The van der Waals surface area contributed by atoms with E-state index in [9.17, 15) is 5.11 Å². The Morgan fingerprint density at radius 1 is 1.37 bits per heavy atom. The van der Waals surface area contributed by atoms with Crippen molar-refractivity contribution in [2.75, 3.05) is 20.2 Å². The SMILES string of the molecule is CCc1ccc(OC)c(C(C)(O)C2CCNCC2)c1. The predicted molar refractivity (Wildman–Crippen MR) is 77.5 cm³/mol. The molecule has 0 saturated carbocycles. The van der Waals surface area contributed by atoms with Crippen molar-refractivity contribution in [3.05, 3.63) is 29.3 Å². The number of nitrogens with one attached hydrogen (secondary N) is 1. The molecule has 0 aromatic heterocycles. The van der Waals surface area contributed by atoms with Gasteiger partial charge >= 0.3 is 0 Å². The maximum atomic E-state index is 11.0. The highest BCUT2D eigenvalue weighted by atomic mass is 16.5.